The number of hydrogen-bond donors (Lipinski definition) is 2. The number of nitrogens with zero attached hydrogens (tertiary/aromatic N) is 2. The van der Waals surface area contributed by atoms with Crippen molar-refractivity contribution in [1.82, 2.24) is 10.2 Å². The summed E-state index contributed by atoms with van der Waals surface area (Å²) in [4.78, 5) is 53.9. The molecule has 4 rings (SSSR count). The molecule has 2 heterocycles. The van der Waals surface area contributed by atoms with Gasteiger partial charge in [-0.05, 0) is 43.7 Å². The van der Waals surface area contributed by atoms with E-state index in [1.165, 1.54) is 12.0 Å². The number of benzene rings is 2. The molecule has 2 aromatic carbocycles. The minimum absolute atomic E-state index is 0.0993. The summed E-state index contributed by atoms with van der Waals surface area (Å²) < 4.78 is 5.23. The predicted octanol–water partition coefficient (Wildman–Crippen LogP) is 2.23. The van der Waals surface area contributed by atoms with Gasteiger partial charge in [0.15, 0.2) is 0 Å². The lowest BCUT2D eigenvalue weighted by Gasteiger charge is -2.29. The van der Waals surface area contributed by atoms with Crippen LogP contribution in [0.5, 0.6) is 5.75 Å². The molecular formula is C23H24N4O5. The molecule has 0 saturated carbocycles. The van der Waals surface area contributed by atoms with Gasteiger partial charge < -0.3 is 20.3 Å². The van der Waals surface area contributed by atoms with Gasteiger partial charge in [0.05, 0.1) is 18.5 Å². The van der Waals surface area contributed by atoms with E-state index >= 15 is 0 Å². The van der Waals surface area contributed by atoms with Gasteiger partial charge in [0.25, 0.3) is 5.91 Å². The highest BCUT2D eigenvalue weighted by atomic mass is 16.5. The second-order valence-corrected chi connectivity index (χ2v) is 8.06. The summed E-state index contributed by atoms with van der Waals surface area (Å²) >= 11 is 0. The van der Waals surface area contributed by atoms with Crippen molar-refractivity contribution in [2.45, 2.75) is 31.8 Å². The first-order valence-corrected chi connectivity index (χ1v) is 10.2. The highest BCUT2D eigenvalue weighted by molar-refractivity contribution is 6.12. The maximum absolute atomic E-state index is 13.3. The van der Waals surface area contributed by atoms with Crippen LogP contribution in [0.15, 0.2) is 48.5 Å². The van der Waals surface area contributed by atoms with E-state index in [4.69, 9.17) is 4.74 Å². The maximum Gasteiger partial charge on any atom is 0.325 e. The number of nitrogens with one attached hydrogen (secondary N) is 2. The van der Waals surface area contributed by atoms with Crippen LogP contribution in [0, 0.1) is 0 Å². The number of ether oxygens (including phenoxy) is 1. The molecule has 2 N–H and O–H groups in total. The smallest absolute Gasteiger partial charge is 0.325 e. The Morgan fingerprint density at radius 2 is 1.91 bits per heavy atom. The number of hydrogen-bond acceptors (Lipinski definition) is 5. The summed E-state index contributed by atoms with van der Waals surface area (Å²) in [5, 5.41) is 5.49. The fourth-order valence-corrected chi connectivity index (χ4v) is 4.15. The Labute approximate surface area is 185 Å². The number of para-hydroxylation sites is 2. The minimum atomic E-state index is -1.33. The maximum atomic E-state index is 13.3. The average Bonchev–Trinajstić information content (AvgIpc) is 2.90. The summed E-state index contributed by atoms with van der Waals surface area (Å²) in [6.45, 7) is 2.90. The summed E-state index contributed by atoms with van der Waals surface area (Å²) in [6.07, 6.45) is 0.0993. The standard InChI is InChI=1S/C23H24N4O5/c1-14-11-19(28)24-17-9-4-5-10-18(17)27(14)20(29)13-26-21(30)23(2,25-22(26)31)15-7-6-8-16(12-15)32-3/h4-10,12,14H,11,13H2,1-3H3,(H,24,28)(H,25,31)/t14-,23-/m0/s1. The number of carbonyl (C=O) groups excluding carboxylic acids is 4. The van der Waals surface area contributed by atoms with Gasteiger partial charge in [0.2, 0.25) is 11.8 Å². The van der Waals surface area contributed by atoms with Gasteiger partial charge in [0.1, 0.15) is 17.8 Å². The number of methoxy groups -OCH3 is 1. The van der Waals surface area contributed by atoms with Crippen LogP contribution in [-0.4, -0.2) is 48.3 Å². The topological polar surface area (TPSA) is 108 Å². The van der Waals surface area contributed by atoms with Crippen molar-refractivity contribution < 1.29 is 23.9 Å². The summed E-state index contributed by atoms with van der Waals surface area (Å²) in [5.74, 6) is -0.651. The van der Waals surface area contributed by atoms with Crippen molar-refractivity contribution in [3.05, 3.63) is 54.1 Å². The highest BCUT2D eigenvalue weighted by Gasteiger charge is 2.50. The first-order chi connectivity index (χ1) is 15.2. The Kier molecular flexibility index (Phi) is 5.33. The quantitative estimate of drug-likeness (QED) is 0.715. The van der Waals surface area contributed by atoms with Crippen LogP contribution >= 0.6 is 0 Å². The summed E-state index contributed by atoms with van der Waals surface area (Å²) in [5.41, 5.74) is 0.256. The predicted molar refractivity (Wildman–Crippen MR) is 117 cm³/mol. The molecule has 2 aliphatic rings. The van der Waals surface area contributed by atoms with Gasteiger partial charge >= 0.3 is 6.03 Å². The Morgan fingerprint density at radius 1 is 1.16 bits per heavy atom. The van der Waals surface area contributed by atoms with E-state index in [2.05, 4.69) is 10.6 Å². The summed E-state index contributed by atoms with van der Waals surface area (Å²) in [7, 11) is 1.52. The van der Waals surface area contributed by atoms with Crippen molar-refractivity contribution >= 4 is 35.1 Å². The zero-order valence-electron chi connectivity index (χ0n) is 18.0. The van der Waals surface area contributed by atoms with Crippen molar-refractivity contribution in [3.8, 4) is 5.75 Å². The summed E-state index contributed by atoms with van der Waals surface area (Å²) in [6, 6.07) is 12.7. The molecule has 2 aromatic rings. The van der Waals surface area contributed by atoms with Gasteiger partial charge in [-0.15, -0.1) is 0 Å². The molecular weight excluding hydrogens is 412 g/mol. The minimum Gasteiger partial charge on any atom is -0.497 e. The number of rotatable bonds is 4. The molecule has 2 aliphatic heterocycles. The van der Waals surface area contributed by atoms with Crippen LogP contribution in [-0.2, 0) is 19.9 Å². The molecule has 166 valence electrons. The molecule has 1 fully saturated rings. The highest BCUT2D eigenvalue weighted by Crippen LogP contribution is 2.33. The Morgan fingerprint density at radius 3 is 2.66 bits per heavy atom. The van der Waals surface area contributed by atoms with Crippen LogP contribution in [0.1, 0.15) is 25.8 Å². The van der Waals surface area contributed by atoms with E-state index in [1.54, 1.807) is 62.4 Å². The number of anilines is 2. The van der Waals surface area contributed by atoms with E-state index in [0.29, 0.717) is 22.7 Å². The Hall–Kier alpha value is -3.88. The molecule has 0 spiro atoms. The van der Waals surface area contributed by atoms with Gasteiger partial charge in [0, 0.05) is 12.5 Å². The van der Waals surface area contributed by atoms with Crippen molar-refractivity contribution in [3.63, 3.8) is 0 Å². The first kappa shape index (κ1) is 21.4. The van der Waals surface area contributed by atoms with Crippen LogP contribution < -0.4 is 20.3 Å². The lowest BCUT2D eigenvalue weighted by atomic mass is 9.92. The zero-order chi connectivity index (χ0) is 23.0. The lowest BCUT2D eigenvalue weighted by molar-refractivity contribution is -0.134. The molecule has 0 aliphatic carbocycles. The second-order valence-electron chi connectivity index (χ2n) is 8.06. The first-order valence-electron chi connectivity index (χ1n) is 10.2. The number of amides is 5. The lowest BCUT2D eigenvalue weighted by Crippen LogP contribution is -2.47. The van der Waals surface area contributed by atoms with Crippen molar-refractivity contribution in [2.75, 3.05) is 23.9 Å². The van der Waals surface area contributed by atoms with E-state index in [1.807, 2.05) is 0 Å². The Balaban J connectivity index is 1.61. The van der Waals surface area contributed by atoms with Gasteiger partial charge in [-0.25, -0.2) is 4.79 Å². The molecule has 9 nitrogen and oxygen atoms in total. The molecule has 0 aromatic heterocycles. The van der Waals surface area contributed by atoms with Crippen LogP contribution in [0.3, 0.4) is 0 Å². The molecule has 32 heavy (non-hydrogen) atoms. The third-order valence-corrected chi connectivity index (χ3v) is 5.84. The van der Waals surface area contributed by atoms with E-state index < -0.39 is 36.0 Å². The number of carbonyl (C=O) groups is 4. The number of urea groups is 1. The molecule has 1 saturated heterocycles. The third kappa shape index (κ3) is 3.55. The van der Waals surface area contributed by atoms with Gasteiger partial charge in [-0.3, -0.25) is 19.3 Å². The SMILES string of the molecule is COc1cccc([C@]2(C)NC(=O)N(CC(=O)N3c4ccccc4NC(=O)C[C@@H]3C)C2=O)c1. The molecule has 9 heteroatoms. The molecule has 0 radical (unpaired) electrons. The van der Waals surface area contributed by atoms with E-state index in [-0.39, 0.29) is 12.3 Å². The number of fused-ring (bicyclic) bond motifs is 1. The zero-order valence-corrected chi connectivity index (χ0v) is 18.0. The molecule has 2 atom stereocenters. The second kappa shape index (κ2) is 7.99. The number of imide groups is 1. The largest absolute Gasteiger partial charge is 0.497 e. The van der Waals surface area contributed by atoms with Crippen molar-refractivity contribution in [2.24, 2.45) is 0 Å². The molecule has 0 unspecified atom stereocenters. The average molecular weight is 436 g/mol. The molecule has 0 bridgehead atoms. The monoisotopic (exact) mass is 436 g/mol. The third-order valence-electron chi connectivity index (χ3n) is 5.84. The van der Waals surface area contributed by atoms with Gasteiger partial charge in [-0.1, -0.05) is 24.3 Å². The normalized spacial score (nSPS) is 22.7. The van der Waals surface area contributed by atoms with E-state index in [0.717, 1.165) is 4.90 Å². The van der Waals surface area contributed by atoms with E-state index in [9.17, 15) is 19.2 Å². The van der Waals surface area contributed by atoms with Crippen LogP contribution in [0.4, 0.5) is 16.2 Å². The van der Waals surface area contributed by atoms with Crippen LogP contribution in [0.25, 0.3) is 0 Å². The molecule has 5 amide bonds. The van der Waals surface area contributed by atoms with Gasteiger partial charge in [-0.2, -0.15) is 0 Å². The fourth-order valence-electron chi connectivity index (χ4n) is 4.15. The van der Waals surface area contributed by atoms with Crippen LogP contribution in [0.2, 0.25) is 0 Å². The van der Waals surface area contributed by atoms with Crippen molar-refractivity contribution in [1.29, 1.82) is 0 Å². The fraction of sp³-hybridized carbons (Fsp3) is 0.304. The Bertz CT molecular complexity index is 1120.